The summed E-state index contributed by atoms with van der Waals surface area (Å²) in [6, 6.07) is 4.83. The normalized spacial score (nSPS) is 20.9. The Hall–Kier alpha value is -0.930. The van der Waals surface area contributed by atoms with Gasteiger partial charge in [-0.05, 0) is 31.0 Å². The lowest BCUT2D eigenvalue weighted by molar-refractivity contribution is 0.366. The number of pyridine rings is 1. The number of rotatable bonds is 5. The van der Waals surface area contributed by atoms with Gasteiger partial charge in [0, 0.05) is 36.9 Å². The van der Waals surface area contributed by atoms with Gasteiger partial charge < -0.3 is 10.6 Å². The molecule has 2 heterocycles. The summed E-state index contributed by atoms with van der Waals surface area (Å²) < 4.78 is 0. The first-order valence-corrected chi connectivity index (χ1v) is 7.03. The van der Waals surface area contributed by atoms with Crippen LogP contribution in [0.4, 0.5) is 0 Å². The molecule has 1 aliphatic rings. The van der Waals surface area contributed by atoms with Crippen LogP contribution in [0.5, 0.6) is 0 Å². The highest BCUT2D eigenvalue weighted by Crippen LogP contribution is 2.20. The quantitative estimate of drug-likeness (QED) is 0.836. The van der Waals surface area contributed by atoms with Crippen molar-refractivity contribution in [2.24, 2.45) is 0 Å². The highest BCUT2D eigenvalue weighted by atomic mass is 15.0. The third kappa shape index (κ3) is 3.79. The second kappa shape index (κ2) is 6.30. The van der Waals surface area contributed by atoms with E-state index in [4.69, 9.17) is 0 Å². The van der Waals surface area contributed by atoms with Gasteiger partial charge in [0.2, 0.25) is 0 Å². The van der Waals surface area contributed by atoms with Crippen LogP contribution in [-0.2, 0) is 5.41 Å². The van der Waals surface area contributed by atoms with Crippen molar-refractivity contribution in [1.82, 2.24) is 15.6 Å². The number of hydrogen-bond donors (Lipinski definition) is 2. The van der Waals surface area contributed by atoms with Gasteiger partial charge in [0.25, 0.3) is 0 Å². The van der Waals surface area contributed by atoms with Crippen LogP contribution in [0.3, 0.4) is 0 Å². The molecule has 1 atom stereocenters. The third-order valence-electron chi connectivity index (χ3n) is 3.81. The summed E-state index contributed by atoms with van der Waals surface area (Å²) in [5, 5.41) is 7.17. The molecule has 0 aromatic carbocycles. The van der Waals surface area contributed by atoms with Crippen LogP contribution in [0.2, 0.25) is 0 Å². The molecule has 3 nitrogen and oxygen atoms in total. The maximum Gasteiger partial charge on any atom is 0.0305 e. The third-order valence-corrected chi connectivity index (χ3v) is 3.81. The van der Waals surface area contributed by atoms with E-state index in [1.54, 1.807) is 0 Å². The van der Waals surface area contributed by atoms with Gasteiger partial charge >= 0.3 is 0 Å². The molecule has 1 aromatic heterocycles. The van der Waals surface area contributed by atoms with Crippen molar-refractivity contribution >= 4 is 0 Å². The molecule has 1 aliphatic heterocycles. The van der Waals surface area contributed by atoms with Crippen molar-refractivity contribution < 1.29 is 0 Å². The van der Waals surface area contributed by atoms with Gasteiger partial charge in [-0.15, -0.1) is 0 Å². The van der Waals surface area contributed by atoms with Crippen molar-refractivity contribution in [3.63, 3.8) is 0 Å². The molecule has 1 saturated heterocycles. The van der Waals surface area contributed by atoms with Gasteiger partial charge in [0.15, 0.2) is 0 Å². The molecule has 0 aliphatic carbocycles. The Morgan fingerprint density at radius 3 is 3.00 bits per heavy atom. The fourth-order valence-corrected chi connectivity index (χ4v) is 2.52. The van der Waals surface area contributed by atoms with Gasteiger partial charge in [-0.2, -0.15) is 0 Å². The average molecular weight is 247 g/mol. The SMILES string of the molecule is CC(C)(CNCC1CCCCN1)c1cccnc1. The highest BCUT2D eigenvalue weighted by Gasteiger charge is 2.21. The fourth-order valence-electron chi connectivity index (χ4n) is 2.52. The predicted octanol–water partition coefficient (Wildman–Crippen LogP) is 2.09. The Morgan fingerprint density at radius 1 is 1.44 bits per heavy atom. The smallest absolute Gasteiger partial charge is 0.0305 e. The van der Waals surface area contributed by atoms with Crippen molar-refractivity contribution in [3.05, 3.63) is 30.1 Å². The number of piperidine rings is 1. The Balaban J connectivity index is 1.78. The maximum absolute atomic E-state index is 4.21. The monoisotopic (exact) mass is 247 g/mol. The number of hydrogen-bond acceptors (Lipinski definition) is 3. The largest absolute Gasteiger partial charge is 0.314 e. The van der Waals surface area contributed by atoms with Crippen molar-refractivity contribution in [2.45, 2.75) is 44.6 Å². The fraction of sp³-hybridized carbons (Fsp3) is 0.667. The van der Waals surface area contributed by atoms with Gasteiger partial charge in [-0.3, -0.25) is 4.98 Å². The van der Waals surface area contributed by atoms with Crippen LogP contribution in [0.1, 0.15) is 38.7 Å². The summed E-state index contributed by atoms with van der Waals surface area (Å²) in [4.78, 5) is 4.21. The van der Waals surface area contributed by atoms with E-state index in [0.29, 0.717) is 6.04 Å². The second-order valence-electron chi connectivity index (χ2n) is 5.90. The number of aromatic nitrogens is 1. The molecular formula is C15H25N3. The summed E-state index contributed by atoms with van der Waals surface area (Å²) >= 11 is 0. The Morgan fingerprint density at radius 2 is 2.33 bits per heavy atom. The van der Waals surface area contributed by atoms with E-state index in [-0.39, 0.29) is 5.41 Å². The second-order valence-corrected chi connectivity index (χ2v) is 5.90. The topological polar surface area (TPSA) is 37.0 Å². The minimum Gasteiger partial charge on any atom is -0.314 e. The zero-order valence-electron chi connectivity index (χ0n) is 11.6. The Kier molecular flexibility index (Phi) is 4.72. The first-order valence-electron chi connectivity index (χ1n) is 7.03. The van der Waals surface area contributed by atoms with Gasteiger partial charge in [0.1, 0.15) is 0 Å². The molecule has 100 valence electrons. The molecule has 0 spiro atoms. The van der Waals surface area contributed by atoms with E-state index >= 15 is 0 Å². The van der Waals surface area contributed by atoms with Crippen LogP contribution in [0, 0.1) is 0 Å². The zero-order chi connectivity index (χ0) is 12.8. The standard InChI is InChI=1S/C15H25N3/c1-15(2,13-6-5-8-16-10-13)12-17-11-14-7-3-4-9-18-14/h5-6,8,10,14,17-18H,3-4,7,9,11-12H2,1-2H3. The lowest BCUT2D eigenvalue weighted by atomic mass is 9.85. The molecule has 3 heteroatoms. The predicted molar refractivity (Wildman–Crippen MR) is 75.8 cm³/mol. The maximum atomic E-state index is 4.21. The minimum atomic E-state index is 0.142. The molecule has 2 N–H and O–H groups in total. The van der Waals surface area contributed by atoms with Crippen LogP contribution in [0.25, 0.3) is 0 Å². The molecule has 1 unspecified atom stereocenters. The molecule has 1 fully saturated rings. The molecule has 18 heavy (non-hydrogen) atoms. The van der Waals surface area contributed by atoms with E-state index < -0.39 is 0 Å². The van der Waals surface area contributed by atoms with Crippen molar-refractivity contribution in [2.75, 3.05) is 19.6 Å². The van der Waals surface area contributed by atoms with E-state index in [1.807, 2.05) is 18.5 Å². The van der Waals surface area contributed by atoms with Crippen LogP contribution in [0.15, 0.2) is 24.5 Å². The molecular weight excluding hydrogens is 222 g/mol. The van der Waals surface area contributed by atoms with E-state index in [2.05, 4.69) is 35.5 Å². The van der Waals surface area contributed by atoms with Gasteiger partial charge in [0.05, 0.1) is 0 Å². The van der Waals surface area contributed by atoms with Gasteiger partial charge in [-0.1, -0.05) is 26.3 Å². The molecule has 0 saturated carbocycles. The molecule has 0 amide bonds. The summed E-state index contributed by atoms with van der Waals surface area (Å²) in [6.45, 7) is 7.79. The van der Waals surface area contributed by atoms with Crippen LogP contribution in [-0.4, -0.2) is 30.7 Å². The molecule has 0 radical (unpaired) electrons. The first-order chi connectivity index (χ1) is 8.68. The lowest BCUT2D eigenvalue weighted by Crippen LogP contribution is -2.44. The number of nitrogens with zero attached hydrogens (tertiary/aromatic N) is 1. The Labute approximate surface area is 110 Å². The summed E-state index contributed by atoms with van der Waals surface area (Å²) in [5.41, 5.74) is 1.44. The first kappa shape index (κ1) is 13.5. The zero-order valence-corrected chi connectivity index (χ0v) is 11.6. The van der Waals surface area contributed by atoms with Crippen molar-refractivity contribution in [3.8, 4) is 0 Å². The van der Waals surface area contributed by atoms with E-state index in [0.717, 1.165) is 13.1 Å². The molecule has 2 rings (SSSR count). The summed E-state index contributed by atoms with van der Waals surface area (Å²) in [6.07, 6.45) is 7.81. The summed E-state index contributed by atoms with van der Waals surface area (Å²) in [5.74, 6) is 0. The Bertz CT molecular complexity index is 342. The number of nitrogens with one attached hydrogen (secondary N) is 2. The average Bonchev–Trinajstić information content (AvgIpc) is 2.41. The van der Waals surface area contributed by atoms with E-state index in [9.17, 15) is 0 Å². The van der Waals surface area contributed by atoms with Gasteiger partial charge in [-0.25, -0.2) is 0 Å². The van der Waals surface area contributed by atoms with E-state index in [1.165, 1.54) is 31.4 Å². The van der Waals surface area contributed by atoms with Crippen LogP contribution < -0.4 is 10.6 Å². The molecule has 0 bridgehead atoms. The minimum absolute atomic E-state index is 0.142. The lowest BCUT2D eigenvalue weighted by Gasteiger charge is -2.28. The highest BCUT2D eigenvalue weighted by molar-refractivity contribution is 5.19. The molecule has 1 aromatic rings. The summed E-state index contributed by atoms with van der Waals surface area (Å²) in [7, 11) is 0. The van der Waals surface area contributed by atoms with Crippen molar-refractivity contribution in [1.29, 1.82) is 0 Å². The van der Waals surface area contributed by atoms with Crippen LogP contribution >= 0.6 is 0 Å².